The second-order valence-electron chi connectivity index (χ2n) is 5.96. The van der Waals surface area contributed by atoms with E-state index in [1.54, 1.807) is 17.9 Å². The zero-order chi connectivity index (χ0) is 16.3. The van der Waals surface area contributed by atoms with E-state index in [0.717, 1.165) is 36.6 Å². The van der Waals surface area contributed by atoms with Gasteiger partial charge in [-0.05, 0) is 33.0 Å². The van der Waals surface area contributed by atoms with E-state index < -0.39 is 0 Å². The minimum absolute atomic E-state index is 0.0443. The molecule has 1 aliphatic heterocycles. The Labute approximate surface area is 139 Å². The van der Waals surface area contributed by atoms with Gasteiger partial charge in [0.1, 0.15) is 17.0 Å². The van der Waals surface area contributed by atoms with Crippen molar-refractivity contribution in [3.63, 3.8) is 0 Å². The van der Waals surface area contributed by atoms with E-state index >= 15 is 0 Å². The predicted octanol–water partition coefficient (Wildman–Crippen LogP) is 2.24. The lowest BCUT2D eigenvalue weighted by atomic mass is 9.88. The van der Waals surface area contributed by atoms with Gasteiger partial charge in [0.2, 0.25) is 0 Å². The molecular weight excluding hydrogens is 314 g/mol. The fourth-order valence-corrected chi connectivity index (χ4v) is 3.55. The summed E-state index contributed by atoms with van der Waals surface area (Å²) in [5.74, 6) is -0.135. The van der Waals surface area contributed by atoms with Crippen LogP contribution >= 0.6 is 11.3 Å². The molecule has 3 heterocycles. The van der Waals surface area contributed by atoms with Gasteiger partial charge in [0.15, 0.2) is 0 Å². The Hall–Kier alpha value is -1.70. The number of hydrogen-bond acceptors (Lipinski definition) is 6. The highest BCUT2D eigenvalue weighted by molar-refractivity contribution is 7.13. The largest absolute Gasteiger partial charge is 0.472 e. The van der Waals surface area contributed by atoms with Crippen molar-refractivity contribution < 1.29 is 13.9 Å². The van der Waals surface area contributed by atoms with Gasteiger partial charge >= 0.3 is 0 Å². The van der Waals surface area contributed by atoms with Crippen LogP contribution in [0.3, 0.4) is 0 Å². The normalized spacial score (nSPS) is 17.3. The van der Waals surface area contributed by atoms with E-state index in [2.05, 4.69) is 29.3 Å². The summed E-state index contributed by atoms with van der Waals surface area (Å²) in [4.78, 5) is 19.0. The number of ether oxygens (including phenoxy) is 1. The van der Waals surface area contributed by atoms with Crippen molar-refractivity contribution in [2.45, 2.75) is 18.4 Å². The standard InChI is InChI=1S/C16H21N3O3S/c1-19(2)16(4-7-21-8-5-16)11-17-14(20)13-10-23-15(18-13)12-3-6-22-9-12/h3,6,9-10H,4-5,7-8,11H2,1-2H3,(H,17,20). The Morgan fingerprint density at radius 2 is 2.22 bits per heavy atom. The first kappa shape index (κ1) is 16.2. The molecule has 1 amide bonds. The predicted molar refractivity (Wildman–Crippen MR) is 88.6 cm³/mol. The van der Waals surface area contributed by atoms with Crippen LogP contribution in [-0.2, 0) is 4.74 Å². The quantitative estimate of drug-likeness (QED) is 0.908. The Kier molecular flexibility index (Phi) is 4.79. The van der Waals surface area contributed by atoms with E-state index in [-0.39, 0.29) is 11.4 Å². The highest BCUT2D eigenvalue weighted by atomic mass is 32.1. The van der Waals surface area contributed by atoms with Crippen molar-refractivity contribution in [3.05, 3.63) is 29.7 Å². The average Bonchev–Trinajstić information content (AvgIpc) is 3.24. The van der Waals surface area contributed by atoms with Crippen LogP contribution < -0.4 is 5.32 Å². The summed E-state index contributed by atoms with van der Waals surface area (Å²) in [7, 11) is 4.11. The van der Waals surface area contributed by atoms with E-state index in [4.69, 9.17) is 9.15 Å². The molecule has 0 saturated carbocycles. The molecule has 7 heteroatoms. The number of amides is 1. The van der Waals surface area contributed by atoms with E-state index in [0.29, 0.717) is 12.2 Å². The van der Waals surface area contributed by atoms with Crippen LogP contribution in [-0.4, -0.2) is 55.2 Å². The summed E-state index contributed by atoms with van der Waals surface area (Å²) in [6, 6.07) is 1.84. The molecule has 23 heavy (non-hydrogen) atoms. The fourth-order valence-electron chi connectivity index (χ4n) is 2.77. The first-order valence-corrected chi connectivity index (χ1v) is 8.50. The molecule has 0 aliphatic carbocycles. The maximum atomic E-state index is 12.4. The number of nitrogens with zero attached hydrogens (tertiary/aromatic N) is 2. The molecule has 1 aliphatic rings. The third-order valence-electron chi connectivity index (χ3n) is 4.46. The first-order chi connectivity index (χ1) is 11.1. The number of carbonyl (C=O) groups is 1. The van der Waals surface area contributed by atoms with Gasteiger partial charge in [0.05, 0.1) is 6.26 Å². The number of thiazole rings is 1. The van der Waals surface area contributed by atoms with Crippen LogP contribution in [0.2, 0.25) is 0 Å². The lowest BCUT2D eigenvalue weighted by molar-refractivity contribution is -0.00659. The lowest BCUT2D eigenvalue weighted by Gasteiger charge is -2.42. The summed E-state index contributed by atoms with van der Waals surface area (Å²) in [6.45, 7) is 2.06. The highest BCUT2D eigenvalue weighted by Crippen LogP contribution is 2.26. The summed E-state index contributed by atoms with van der Waals surface area (Å²) in [5, 5.41) is 5.60. The number of rotatable bonds is 5. The third kappa shape index (κ3) is 3.46. The molecule has 1 N–H and O–H groups in total. The molecule has 0 aromatic carbocycles. The molecule has 2 aromatic rings. The van der Waals surface area contributed by atoms with Gasteiger partial charge in [0.25, 0.3) is 5.91 Å². The second kappa shape index (κ2) is 6.82. The Bertz CT molecular complexity index is 645. The monoisotopic (exact) mass is 335 g/mol. The number of carbonyl (C=O) groups excluding carboxylic acids is 1. The van der Waals surface area contributed by atoms with Crippen molar-refractivity contribution in [2.24, 2.45) is 0 Å². The maximum Gasteiger partial charge on any atom is 0.270 e. The van der Waals surface area contributed by atoms with Gasteiger partial charge < -0.3 is 19.4 Å². The van der Waals surface area contributed by atoms with E-state index in [1.807, 2.05) is 6.07 Å². The zero-order valence-electron chi connectivity index (χ0n) is 13.4. The maximum absolute atomic E-state index is 12.4. The molecule has 0 bridgehead atoms. The van der Waals surface area contributed by atoms with Crippen molar-refractivity contribution >= 4 is 17.2 Å². The zero-order valence-corrected chi connectivity index (χ0v) is 14.2. The molecule has 2 aromatic heterocycles. The van der Waals surface area contributed by atoms with Gasteiger partial charge in [0, 0.05) is 36.2 Å². The molecule has 3 rings (SSSR count). The average molecular weight is 335 g/mol. The lowest BCUT2D eigenvalue weighted by Crippen LogP contribution is -2.55. The molecular formula is C16H21N3O3S. The first-order valence-electron chi connectivity index (χ1n) is 7.62. The fraction of sp³-hybridized carbons (Fsp3) is 0.500. The number of furan rings is 1. The molecule has 6 nitrogen and oxygen atoms in total. The topological polar surface area (TPSA) is 67.6 Å². The van der Waals surface area contributed by atoms with E-state index in [1.165, 1.54) is 11.3 Å². The molecule has 0 atom stereocenters. The van der Waals surface area contributed by atoms with Gasteiger partial charge in [-0.3, -0.25) is 4.79 Å². The van der Waals surface area contributed by atoms with Crippen LogP contribution in [0.4, 0.5) is 0 Å². The van der Waals surface area contributed by atoms with E-state index in [9.17, 15) is 4.79 Å². The SMILES string of the molecule is CN(C)C1(CNC(=O)c2csc(-c3ccoc3)n2)CCOCC1. The number of likely N-dealkylation sites (N-methyl/N-ethyl adjacent to an activating group) is 1. The minimum Gasteiger partial charge on any atom is -0.472 e. The van der Waals surface area contributed by atoms with Gasteiger partial charge in [-0.25, -0.2) is 4.98 Å². The highest BCUT2D eigenvalue weighted by Gasteiger charge is 2.35. The second-order valence-corrected chi connectivity index (χ2v) is 6.82. The van der Waals surface area contributed by atoms with Gasteiger partial charge in [-0.1, -0.05) is 0 Å². The summed E-state index contributed by atoms with van der Waals surface area (Å²) >= 11 is 1.44. The molecule has 0 spiro atoms. The smallest absolute Gasteiger partial charge is 0.270 e. The summed E-state index contributed by atoms with van der Waals surface area (Å²) in [5.41, 5.74) is 1.30. The molecule has 1 fully saturated rings. The van der Waals surface area contributed by atoms with Crippen molar-refractivity contribution in [1.29, 1.82) is 0 Å². The van der Waals surface area contributed by atoms with Crippen molar-refractivity contribution in [3.8, 4) is 10.6 Å². The van der Waals surface area contributed by atoms with Gasteiger partial charge in [-0.2, -0.15) is 0 Å². The Morgan fingerprint density at radius 3 is 2.87 bits per heavy atom. The Balaban J connectivity index is 1.65. The molecule has 124 valence electrons. The molecule has 0 radical (unpaired) electrons. The minimum atomic E-state index is -0.135. The van der Waals surface area contributed by atoms with Crippen LogP contribution in [0.5, 0.6) is 0 Å². The van der Waals surface area contributed by atoms with Crippen LogP contribution in [0, 0.1) is 0 Å². The Morgan fingerprint density at radius 1 is 1.43 bits per heavy atom. The van der Waals surface area contributed by atoms with Crippen LogP contribution in [0.1, 0.15) is 23.3 Å². The van der Waals surface area contributed by atoms with Crippen LogP contribution in [0.15, 0.2) is 28.4 Å². The molecule has 1 saturated heterocycles. The van der Waals surface area contributed by atoms with Crippen LogP contribution in [0.25, 0.3) is 10.6 Å². The number of aromatic nitrogens is 1. The molecule has 0 unspecified atom stereocenters. The van der Waals surface area contributed by atoms with Gasteiger partial charge in [-0.15, -0.1) is 11.3 Å². The van der Waals surface area contributed by atoms with Crippen molar-refractivity contribution in [1.82, 2.24) is 15.2 Å². The third-order valence-corrected chi connectivity index (χ3v) is 5.35. The number of hydrogen-bond donors (Lipinski definition) is 1. The summed E-state index contributed by atoms with van der Waals surface area (Å²) < 4.78 is 10.5. The summed E-state index contributed by atoms with van der Waals surface area (Å²) in [6.07, 6.45) is 5.06. The van der Waals surface area contributed by atoms with Crippen molar-refractivity contribution in [2.75, 3.05) is 33.9 Å². The number of nitrogens with one attached hydrogen (secondary N) is 1.